The molecule has 0 aromatic carbocycles. The monoisotopic (exact) mass is 505 g/mol. The van der Waals surface area contributed by atoms with E-state index in [0.717, 1.165) is 30.8 Å². The SMILES string of the molecule is C[C@@H](O)[C@H]1C(=O)N2C(C(=O)[O-])=C(SC3CN(c4nc(C(=O)NC5CCCCC5)cs4)C3)[C@H](C)[C@H]12. The van der Waals surface area contributed by atoms with Crippen LogP contribution in [0.5, 0.6) is 0 Å². The second-order valence-corrected chi connectivity index (χ2v) is 11.9. The van der Waals surface area contributed by atoms with E-state index < -0.39 is 18.0 Å². The van der Waals surface area contributed by atoms with Crippen LogP contribution >= 0.6 is 23.1 Å². The van der Waals surface area contributed by atoms with Gasteiger partial charge >= 0.3 is 0 Å². The first-order chi connectivity index (χ1) is 16.3. The van der Waals surface area contributed by atoms with Gasteiger partial charge in [-0.15, -0.1) is 23.1 Å². The second kappa shape index (κ2) is 9.16. The molecular weight excluding hydrogens is 476 g/mol. The van der Waals surface area contributed by atoms with E-state index in [0.29, 0.717) is 23.7 Å². The van der Waals surface area contributed by atoms with Crippen molar-refractivity contribution in [2.24, 2.45) is 11.8 Å². The molecule has 2 amide bonds. The maximum absolute atomic E-state index is 12.5. The third-order valence-electron chi connectivity index (χ3n) is 7.38. The van der Waals surface area contributed by atoms with E-state index in [1.807, 2.05) is 6.92 Å². The Morgan fingerprint density at radius 3 is 2.65 bits per heavy atom. The zero-order valence-electron chi connectivity index (χ0n) is 19.2. The smallest absolute Gasteiger partial charge is 0.271 e. The number of anilines is 1. The van der Waals surface area contributed by atoms with Gasteiger partial charge in [-0.05, 0) is 19.8 Å². The Morgan fingerprint density at radius 1 is 1.29 bits per heavy atom. The van der Waals surface area contributed by atoms with Crippen molar-refractivity contribution in [3.05, 3.63) is 21.7 Å². The molecule has 1 saturated carbocycles. The van der Waals surface area contributed by atoms with Crippen molar-refractivity contribution in [1.82, 2.24) is 15.2 Å². The number of β-lactam (4-membered cyclic amide) rings is 1. The number of amides is 2. The second-order valence-electron chi connectivity index (χ2n) is 9.72. The molecule has 0 bridgehead atoms. The number of hydrogen-bond acceptors (Lipinski definition) is 9. The van der Waals surface area contributed by atoms with Crippen molar-refractivity contribution < 1.29 is 24.6 Å². The average molecular weight is 506 g/mol. The molecule has 184 valence electrons. The number of aliphatic hydroxyl groups excluding tert-OH is 1. The van der Waals surface area contributed by atoms with Crippen LogP contribution in [0.1, 0.15) is 56.4 Å². The Kier molecular flexibility index (Phi) is 6.36. The summed E-state index contributed by atoms with van der Waals surface area (Å²) in [5, 5.41) is 27.6. The van der Waals surface area contributed by atoms with E-state index in [-0.39, 0.29) is 40.8 Å². The topological polar surface area (TPSA) is 126 Å². The molecule has 3 aliphatic heterocycles. The molecule has 1 aliphatic carbocycles. The third kappa shape index (κ3) is 4.01. The normalized spacial score (nSPS) is 28.4. The van der Waals surface area contributed by atoms with Crippen molar-refractivity contribution in [3.63, 3.8) is 0 Å². The summed E-state index contributed by atoms with van der Waals surface area (Å²) >= 11 is 2.91. The zero-order valence-corrected chi connectivity index (χ0v) is 20.9. The van der Waals surface area contributed by atoms with Crippen molar-refractivity contribution in [1.29, 1.82) is 0 Å². The summed E-state index contributed by atoms with van der Waals surface area (Å²) in [5.74, 6) is -2.56. The fourth-order valence-corrected chi connectivity index (χ4v) is 7.88. The summed E-state index contributed by atoms with van der Waals surface area (Å²) in [6.45, 7) is 4.83. The van der Waals surface area contributed by atoms with Gasteiger partial charge in [0.25, 0.3) is 5.91 Å². The van der Waals surface area contributed by atoms with Crippen LogP contribution in [-0.2, 0) is 9.59 Å². The van der Waals surface area contributed by atoms with Gasteiger partial charge in [0.1, 0.15) is 5.69 Å². The van der Waals surface area contributed by atoms with E-state index in [2.05, 4.69) is 15.2 Å². The molecule has 34 heavy (non-hydrogen) atoms. The number of carbonyl (C=O) groups excluding carboxylic acids is 3. The Balaban J connectivity index is 1.19. The van der Waals surface area contributed by atoms with Crippen LogP contribution < -0.4 is 15.3 Å². The highest BCUT2D eigenvalue weighted by Crippen LogP contribution is 2.52. The lowest BCUT2D eigenvalue weighted by Gasteiger charge is -2.47. The number of aliphatic carboxylic acids is 1. The minimum atomic E-state index is -1.35. The molecular formula is C23H29N4O5S2-. The molecule has 1 aromatic rings. The maximum atomic E-state index is 12.5. The number of nitrogens with zero attached hydrogens (tertiary/aromatic N) is 3. The van der Waals surface area contributed by atoms with E-state index >= 15 is 0 Å². The first kappa shape index (κ1) is 23.6. The first-order valence-electron chi connectivity index (χ1n) is 11.9. The fourth-order valence-electron chi connectivity index (χ4n) is 5.54. The van der Waals surface area contributed by atoms with Crippen LogP contribution in [0.2, 0.25) is 0 Å². The van der Waals surface area contributed by atoms with Crippen molar-refractivity contribution in [2.75, 3.05) is 18.0 Å². The largest absolute Gasteiger partial charge is 0.543 e. The lowest BCUT2D eigenvalue weighted by atomic mass is 9.79. The summed E-state index contributed by atoms with van der Waals surface area (Å²) in [5.41, 5.74) is 0.402. The fraction of sp³-hybridized carbons (Fsp3) is 0.652. The number of thiazole rings is 1. The highest BCUT2D eigenvalue weighted by atomic mass is 32.2. The van der Waals surface area contributed by atoms with E-state index in [4.69, 9.17) is 0 Å². The number of thioether (sulfide) groups is 1. The van der Waals surface area contributed by atoms with Gasteiger partial charge in [0.15, 0.2) is 5.13 Å². The number of fused-ring (bicyclic) bond motifs is 1. The standard InChI is InChI=1S/C23H30N4O5S2/c1-11-17-16(12(2)28)21(30)27(17)18(22(31)32)19(11)34-14-8-26(9-14)23-25-15(10-33-23)20(29)24-13-6-4-3-5-7-13/h10-14,16-17,28H,3-9H2,1-2H3,(H,24,29)(H,31,32)/p-1/t11-,12-,16-,17-/m1/s1. The number of aliphatic hydroxyl groups is 1. The van der Waals surface area contributed by atoms with Crippen LogP contribution in [0.4, 0.5) is 5.13 Å². The molecule has 1 aromatic heterocycles. The molecule has 4 aliphatic rings. The maximum Gasteiger partial charge on any atom is 0.271 e. The number of carboxylic acid groups (broad SMARTS) is 1. The number of carbonyl (C=O) groups is 3. The van der Waals surface area contributed by atoms with Crippen molar-refractivity contribution in [3.8, 4) is 0 Å². The highest BCUT2D eigenvalue weighted by Gasteiger charge is 2.59. The Hall–Kier alpha value is -2.11. The zero-order chi connectivity index (χ0) is 24.1. The van der Waals surface area contributed by atoms with Gasteiger partial charge in [-0.1, -0.05) is 26.2 Å². The van der Waals surface area contributed by atoms with Gasteiger partial charge in [-0.2, -0.15) is 0 Å². The van der Waals surface area contributed by atoms with Gasteiger partial charge < -0.3 is 30.1 Å². The lowest BCUT2D eigenvalue weighted by molar-refractivity contribution is -0.301. The number of rotatable bonds is 7. The molecule has 2 N–H and O–H groups in total. The molecule has 2 saturated heterocycles. The van der Waals surface area contributed by atoms with Gasteiger partial charge in [0.05, 0.1) is 29.7 Å². The first-order valence-corrected chi connectivity index (χ1v) is 13.7. The van der Waals surface area contributed by atoms with Gasteiger partial charge in [0, 0.05) is 40.6 Å². The molecule has 4 atom stereocenters. The third-order valence-corrected chi connectivity index (χ3v) is 9.73. The van der Waals surface area contributed by atoms with Crippen molar-refractivity contribution in [2.45, 2.75) is 69.4 Å². The predicted octanol–water partition coefficient (Wildman–Crippen LogP) is 0.946. The minimum Gasteiger partial charge on any atom is -0.543 e. The molecule has 3 fully saturated rings. The van der Waals surface area contributed by atoms with E-state index in [1.165, 1.54) is 34.4 Å². The summed E-state index contributed by atoms with van der Waals surface area (Å²) in [6.07, 6.45) is 4.77. The summed E-state index contributed by atoms with van der Waals surface area (Å²) in [7, 11) is 0. The van der Waals surface area contributed by atoms with Gasteiger partial charge in [0.2, 0.25) is 5.91 Å². The number of nitrogens with one attached hydrogen (secondary N) is 1. The van der Waals surface area contributed by atoms with Gasteiger partial charge in [-0.3, -0.25) is 9.59 Å². The van der Waals surface area contributed by atoms with Crippen LogP contribution in [0.25, 0.3) is 0 Å². The lowest BCUT2D eigenvalue weighted by Crippen LogP contribution is -2.64. The predicted molar refractivity (Wildman–Crippen MR) is 127 cm³/mol. The number of carboxylic acids is 1. The molecule has 4 heterocycles. The average Bonchev–Trinajstić information content (AvgIpc) is 3.33. The summed E-state index contributed by atoms with van der Waals surface area (Å²) in [6, 6.07) is -0.0922. The Bertz CT molecular complexity index is 1030. The molecule has 9 nitrogen and oxygen atoms in total. The number of hydrogen-bond donors (Lipinski definition) is 2. The summed E-state index contributed by atoms with van der Waals surface area (Å²) < 4.78 is 0. The van der Waals surface area contributed by atoms with Crippen LogP contribution in [-0.4, -0.2) is 69.3 Å². The van der Waals surface area contributed by atoms with Crippen LogP contribution in [0, 0.1) is 11.8 Å². The molecule has 5 rings (SSSR count). The molecule has 0 spiro atoms. The molecule has 0 radical (unpaired) electrons. The highest BCUT2D eigenvalue weighted by molar-refractivity contribution is 8.03. The summed E-state index contributed by atoms with van der Waals surface area (Å²) in [4.78, 5) is 45.4. The number of aromatic nitrogens is 1. The van der Waals surface area contributed by atoms with E-state index in [9.17, 15) is 24.6 Å². The molecule has 11 heteroatoms. The van der Waals surface area contributed by atoms with Crippen molar-refractivity contribution >= 4 is 46.0 Å². The Labute approximate surface area is 206 Å². The van der Waals surface area contributed by atoms with Crippen LogP contribution in [0.3, 0.4) is 0 Å². The molecule has 0 unspecified atom stereocenters. The van der Waals surface area contributed by atoms with Gasteiger partial charge in [-0.25, -0.2) is 4.98 Å². The van der Waals surface area contributed by atoms with Crippen LogP contribution in [0.15, 0.2) is 16.0 Å². The quantitative estimate of drug-likeness (QED) is 0.525. The van der Waals surface area contributed by atoms with E-state index in [1.54, 1.807) is 12.3 Å². The minimum absolute atomic E-state index is 0.0428. The Morgan fingerprint density at radius 2 is 2.00 bits per heavy atom.